The number of halogens is 1. The second-order valence-corrected chi connectivity index (χ2v) is 8.40. The molecule has 2 heterocycles. The molecule has 1 aromatic rings. The lowest BCUT2D eigenvalue weighted by Gasteiger charge is -2.44. The molecule has 2 aliphatic heterocycles. The number of nitrogens with zero attached hydrogens (tertiary/aromatic N) is 2. The minimum absolute atomic E-state index is 0.116. The highest BCUT2D eigenvalue weighted by atomic mass is 35.5. The third kappa shape index (κ3) is 4.32. The van der Waals surface area contributed by atoms with Gasteiger partial charge in [-0.15, -0.1) is 23.4 Å². The molecule has 1 aromatic carbocycles. The third-order valence-corrected chi connectivity index (χ3v) is 6.97. The molecule has 2 aliphatic rings. The van der Waals surface area contributed by atoms with Crippen LogP contribution < -0.4 is 0 Å². The summed E-state index contributed by atoms with van der Waals surface area (Å²) in [5.41, 5.74) is 1.26. The molecule has 6 heteroatoms. The van der Waals surface area contributed by atoms with Crippen molar-refractivity contribution in [1.82, 2.24) is 9.80 Å². The molecule has 2 amide bonds. The number of carbonyl (C=O) groups excluding carboxylic acids is 2. The van der Waals surface area contributed by atoms with Gasteiger partial charge in [0.15, 0.2) is 0 Å². The van der Waals surface area contributed by atoms with E-state index in [-0.39, 0.29) is 16.7 Å². The number of hydrogen-bond donors (Lipinski definition) is 0. The molecule has 0 N–H and O–H groups in total. The first kappa shape index (κ1) is 18.6. The summed E-state index contributed by atoms with van der Waals surface area (Å²) >= 11 is 7.45. The van der Waals surface area contributed by atoms with Crippen LogP contribution in [0.15, 0.2) is 30.3 Å². The van der Waals surface area contributed by atoms with Crippen LogP contribution in [0.2, 0.25) is 0 Å². The van der Waals surface area contributed by atoms with Gasteiger partial charge in [0.05, 0.1) is 10.6 Å². The average molecular weight is 381 g/mol. The van der Waals surface area contributed by atoms with Crippen molar-refractivity contribution in [3.8, 4) is 0 Å². The van der Waals surface area contributed by atoms with Gasteiger partial charge in [0.2, 0.25) is 11.8 Å². The number of benzene rings is 1. The van der Waals surface area contributed by atoms with Gasteiger partial charge in [-0.25, -0.2) is 0 Å². The van der Waals surface area contributed by atoms with Crippen LogP contribution in [0.25, 0.3) is 0 Å². The number of hydrogen-bond acceptors (Lipinski definition) is 3. The zero-order chi connectivity index (χ0) is 17.7. The molecule has 3 rings (SSSR count). The fraction of sp³-hybridized carbons (Fsp3) is 0.579. The summed E-state index contributed by atoms with van der Waals surface area (Å²) in [6.07, 6.45) is 3.88. The number of rotatable bonds is 6. The van der Waals surface area contributed by atoms with Gasteiger partial charge in [0, 0.05) is 31.9 Å². The van der Waals surface area contributed by atoms with Crippen molar-refractivity contribution >= 4 is 35.2 Å². The Morgan fingerprint density at radius 3 is 2.60 bits per heavy atom. The predicted molar refractivity (Wildman–Crippen MR) is 103 cm³/mol. The first-order valence-electron chi connectivity index (χ1n) is 8.97. The van der Waals surface area contributed by atoms with E-state index in [1.54, 1.807) is 11.8 Å². The Hall–Kier alpha value is -1.20. The Bertz CT molecular complexity index is 603. The lowest BCUT2D eigenvalue weighted by Crippen LogP contribution is -2.53. The van der Waals surface area contributed by atoms with E-state index in [1.165, 1.54) is 5.56 Å². The van der Waals surface area contributed by atoms with Crippen molar-refractivity contribution in [3.05, 3.63) is 35.9 Å². The molecule has 0 unspecified atom stereocenters. The number of alkyl halides is 1. The topological polar surface area (TPSA) is 40.6 Å². The minimum Gasteiger partial charge on any atom is -0.342 e. The van der Waals surface area contributed by atoms with Crippen molar-refractivity contribution in [2.45, 2.75) is 37.0 Å². The molecule has 0 aromatic heterocycles. The zero-order valence-electron chi connectivity index (χ0n) is 14.5. The number of piperidine rings is 1. The molecular weight excluding hydrogens is 356 g/mol. The van der Waals surface area contributed by atoms with Crippen LogP contribution in [0, 0.1) is 0 Å². The molecule has 2 fully saturated rings. The highest BCUT2D eigenvalue weighted by Crippen LogP contribution is 2.44. The quantitative estimate of drug-likeness (QED) is 0.712. The molecule has 25 heavy (non-hydrogen) atoms. The Labute approximate surface area is 158 Å². The van der Waals surface area contributed by atoms with E-state index in [1.807, 2.05) is 23.1 Å². The van der Waals surface area contributed by atoms with Gasteiger partial charge in [0.1, 0.15) is 0 Å². The number of likely N-dealkylation sites (tertiary alicyclic amines) is 1. The Morgan fingerprint density at radius 2 is 1.92 bits per heavy atom. The summed E-state index contributed by atoms with van der Waals surface area (Å²) in [6, 6.07) is 10.3. The van der Waals surface area contributed by atoms with Crippen LogP contribution in [-0.2, 0) is 16.0 Å². The number of thioether (sulfide) groups is 1. The summed E-state index contributed by atoms with van der Waals surface area (Å²) in [5, 5.41) is 0. The van der Waals surface area contributed by atoms with Gasteiger partial charge in [-0.05, 0) is 31.2 Å². The van der Waals surface area contributed by atoms with E-state index in [0.717, 1.165) is 45.3 Å². The number of carbonyl (C=O) groups is 2. The zero-order valence-corrected chi connectivity index (χ0v) is 16.0. The summed E-state index contributed by atoms with van der Waals surface area (Å²) in [6.45, 7) is 2.24. The number of amides is 2. The fourth-order valence-electron chi connectivity index (χ4n) is 3.69. The van der Waals surface area contributed by atoms with Crippen LogP contribution >= 0.6 is 23.4 Å². The maximum atomic E-state index is 12.4. The largest absolute Gasteiger partial charge is 0.342 e. The lowest BCUT2D eigenvalue weighted by atomic mass is 10.0. The van der Waals surface area contributed by atoms with Crippen LogP contribution in [0.5, 0.6) is 0 Å². The highest BCUT2D eigenvalue weighted by Gasteiger charge is 2.47. The second-order valence-electron chi connectivity index (χ2n) is 6.69. The summed E-state index contributed by atoms with van der Waals surface area (Å²) in [7, 11) is 0. The third-order valence-electron chi connectivity index (χ3n) is 5.15. The fourth-order valence-corrected chi connectivity index (χ4v) is 5.19. The van der Waals surface area contributed by atoms with Crippen molar-refractivity contribution in [2.75, 3.05) is 31.3 Å². The molecule has 136 valence electrons. The van der Waals surface area contributed by atoms with Crippen LogP contribution in [0.3, 0.4) is 0 Å². The smallest absolute Gasteiger partial charge is 0.233 e. The van der Waals surface area contributed by atoms with E-state index in [0.29, 0.717) is 18.1 Å². The van der Waals surface area contributed by atoms with Gasteiger partial charge in [-0.2, -0.15) is 0 Å². The standard InChI is InChI=1S/C19H25ClN2O2S/c20-11-4-7-17(23)21-13-9-19(10-14-21)22(18(24)15-25-19)12-8-16-5-2-1-3-6-16/h1-3,5-6H,4,7-15H2. The summed E-state index contributed by atoms with van der Waals surface area (Å²) in [5.74, 6) is 1.53. The normalized spacial score (nSPS) is 19.6. The highest BCUT2D eigenvalue weighted by molar-refractivity contribution is 8.01. The summed E-state index contributed by atoms with van der Waals surface area (Å²) in [4.78, 5) is 28.5. The van der Waals surface area contributed by atoms with Crippen molar-refractivity contribution in [2.24, 2.45) is 0 Å². The molecule has 0 radical (unpaired) electrons. The Kier molecular flexibility index (Phi) is 6.29. The first-order chi connectivity index (χ1) is 12.1. The molecule has 2 saturated heterocycles. The molecule has 4 nitrogen and oxygen atoms in total. The molecule has 0 saturated carbocycles. The Morgan fingerprint density at radius 1 is 1.20 bits per heavy atom. The van der Waals surface area contributed by atoms with Crippen molar-refractivity contribution in [3.63, 3.8) is 0 Å². The van der Waals surface area contributed by atoms with Gasteiger partial charge < -0.3 is 9.80 Å². The lowest BCUT2D eigenvalue weighted by molar-refractivity contribution is -0.135. The average Bonchev–Trinajstić information content (AvgIpc) is 2.95. The van der Waals surface area contributed by atoms with Gasteiger partial charge in [-0.3, -0.25) is 9.59 Å². The second kappa shape index (κ2) is 8.45. The van der Waals surface area contributed by atoms with E-state index in [4.69, 9.17) is 11.6 Å². The van der Waals surface area contributed by atoms with E-state index in [9.17, 15) is 9.59 Å². The van der Waals surface area contributed by atoms with E-state index in [2.05, 4.69) is 17.0 Å². The maximum Gasteiger partial charge on any atom is 0.233 e. The summed E-state index contributed by atoms with van der Waals surface area (Å²) < 4.78 is 0. The Balaban J connectivity index is 1.59. The minimum atomic E-state index is -0.116. The monoisotopic (exact) mass is 380 g/mol. The van der Waals surface area contributed by atoms with Crippen LogP contribution in [0.1, 0.15) is 31.2 Å². The molecule has 0 bridgehead atoms. The van der Waals surface area contributed by atoms with Crippen molar-refractivity contribution in [1.29, 1.82) is 0 Å². The first-order valence-corrected chi connectivity index (χ1v) is 10.5. The van der Waals surface area contributed by atoms with Gasteiger partial charge in [0.25, 0.3) is 0 Å². The van der Waals surface area contributed by atoms with Crippen LogP contribution in [-0.4, -0.2) is 57.8 Å². The maximum absolute atomic E-state index is 12.4. The van der Waals surface area contributed by atoms with Gasteiger partial charge >= 0.3 is 0 Å². The van der Waals surface area contributed by atoms with Crippen LogP contribution in [0.4, 0.5) is 0 Å². The van der Waals surface area contributed by atoms with E-state index >= 15 is 0 Å². The molecule has 1 spiro atoms. The molecule has 0 aliphatic carbocycles. The van der Waals surface area contributed by atoms with Gasteiger partial charge in [-0.1, -0.05) is 30.3 Å². The van der Waals surface area contributed by atoms with Crippen molar-refractivity contribution < 1.29 is 9.59 Å². The molecule has 0 atom stereocenters. The SMILES string of the molecule is O=C(CCCCl)N1CCC2(CC1)SCC(=O)N2CCc1ccccc1. The molecular formula is C19H25ClN2O2S. The van der Waals surface area contributed by atoms with E-state index < -0.39 is 0 Å². The predicted octanol–water partition coefficient (Wildman–Crippen LogP) is 3.14.